The van der Waals surface area contributed by atoms with Crippen LogP contribution in [0.25, 0.3) is 26.3 Å². The minimum absolute atomic E-state index is 0.0313. The van der Waals surface area contributed by atoms with E-state index < -0.39 is 29.4 Å². The van der Waals surface area contributed by atoms with E-state index in [1.807, 2.05) is 19.1 Å². The van der Waals surface area contributed by atoms with Gasteiger partial charge >= 0.3 is 11.7 Å². The van der Waals surface area contributed by atoms with Crippen molar-refractivity contribution < 1.29 is 18.4 Å². The highest BCUT2D eigenvalue weighted by molar-refractivity contribution is 7.22. The van der Waals surface area contributed by atoms with E-state index in [4.69, 9.17) is 0 Å². The summed E-state index contributed by atoms with van der Waals surface area (Å²) in [4.78, 5) is 55.1. The third-order valence-corrected chi connectivity index (χ3v) is 9.31. The fourth-order valence-electron chi connectivity index (χ4n) is 5.49. The number of fused-ring (bicyclic) bond motifs is 1. The maximum absolute atomic E-state index is 15.0. The van der Waals surface area contributed by atoms with Crippen molar-refractivity contribution >= 4 is 39.2 Å². The SMILES string of the molecule is CCNC(=O)Nc1ccc(-c2sc3c(c2CCNCCCC(=O)N(C)C)c(=O)n(-c2ccccc2)c(=O)n3Cc2c(F)cccc2F)cc1. The van der Waals surface area contributed by atoms with E-state index in [1.165, 1.54) is 22.0 Å². The van der Waals surface area contributed by atoms with Gasteiger partial charge in [-0.2, -0.15) is 0 Å². The Morgan fingerprint density at radius 2 is 1.57 bits per heavy atom. The van der Waals surface area contributed by atoms with Gasteiger partial charge in [-0.05, 0) is 80.4 Å². The Balaban J connectivity index is 1.65. The minimum atomic E-state index is -0.804. The predicted molar refractivity (Wildman–Crippen MR) is 190 cm³/mol. The monoisotopic (exact) mass is 688 g/mol. The van der Waals surface area contributed by atoms with Crippen LogP contribution in [-0.2, 0) is 17.8 Å². The van der Waals surface area contributed by atoms with Crippen molar-refractivity contribution in [2.45, 2.75) is 32.7 Å². The van der Waals surface area contributed by atoms with Gasteiger partial charge in [0.2, 0.25) is 5.91 Å². The molecule has 10 nitrogen and oxygen atoms in total. The molecule has 0 spiro atoms. The summed E-state index contributed by atoms with van der Waals surface area (Å²) in [6.45, 7) is 2.87. The highest BCUT2D eigenvalue weighted by Crippen LogP contribution is 2.38. The molecular weight excluding hydrogens is 650 g/mol. The first kappa shape index (κ1) is 35.2. The molecule has 3 amide bonds. The highest BCUT2D eigenvalue weighted by Gasteiger charge is 2.25. The topological polar surface area (TPSA) is 117 Å². The number of rotatable bonds is 13. The zero-order chi connectivity index (χ0) is 35.1. The molecule has 0 fully saturated rings. The van der Waals surface area contributed by atoms with Crippen LogP contribution < -0.4 is 27.2 Å². The van der Waals surface area contributed by atoms with Crippen LogP contribution in [-0.4, -0.2) is 59.7 Å². The summed E-state index contributed by atoms with van der Waals surface area (Å²) in [5.41, 5.74) is 0.719. The van der Waals surface area contributed by atoms with E-state index in [2.05, 4.69) is 16.0 Å². The summed E-state index contributed by atoms with van der Waals surface area (Å²) in [5.74, 6) is -1.58. The molecule has 0 aliphatic heterocycles. The van der Waals surface area contributed by atoms with E-state index >= 15 is 0 Å². The molecule has 49 heavy (non-hydrogen) atoms. The number of para-hydroxylation sites is 1. The predicted octanol–water partition coefficient (Wildman–Crippen LogP) is 5.35. The zero-order valence-corrected chi connectivity index (χ0v) is 28.3. The number of anilines is 1. The van der Waals surface area contributed by atoms with Crippen LogP contribution in [0.3, 0.4) is 0 Å². The van der Waals surface area contributed by atoms with E-state index in [1.54, 1.807) is 61.5 Å². The van der Waals surface area contributed by atoms with Crippen LogP contribution in [0, 0.1) is 11.6 Å². The molecule has 0 atom stereocenters. The molecule has 5 rings (SSSR count). The van der Waals surface area contributed by atoms with Gasteiger partial charge in [0.05, 0.1) is 17.6 Å². The van der Waals surface area contributed by atoms with Gasteiger partial charge in [-0.25, -0.2) is 22.9 Å². The minimum Gasteiger partial charge on any atom is -0.349 e. The van der Waals surface area contributed by atoms with Gasteiger partial charge in [0.25, 0.3) is 5.56 Å². The first-order chi connectivity index (χ1) is 23.6. The smallest absolute Gasteiger partial charge is 0.337 e. The van der Waals surface area contributed by atoms with E-state index in [-0.39, 0.29) is 27.7 Å². The third-order valence-electron chi connectivity index (χ3n) is 8.00. The Bertz CT molecular complexity index is 2050. The molecule has 0 aliphatic carbocycles. The van der Waals surface area contributed by atoms with Gasteiger partial charge in [0.1, 0.15) is 16.5 Å². The maximum atomic E-state index is 15.0. The Morgan fingerprint density at radius 1 is 0.878 bits per heavy atom. The van der Waals surface area contributed by atoms with Crippen molar-refractivity contribution in [2.75, 3.05) is 39.0 Å². The lowest BCUT2D eigenvalue weighted by atomic mass is 10.0. The second-order valence-corrected chi connectivity index (χ2v) is 12.6. The summed E-state index contributed by atoms with van der Waals surface area (Å²) in [6, 6.07) is 18.7. The van der Waals surface area contributed by atoms with Gasteiger partial charge in [-0.1, -0.05) is 36.4 Å². The van der Waals surface area contributed by atoms with Gasteiger partial charge in [-0.3, -0.25) is 14.2 Å². The average Bonchev–Trinajstić information content (AvgIpc) is 3.46. The lowest BCUT2D eigenvalue weighted by molar-refractivity contribution is -0.128. The van der Waals surface area contributed by atoms with Crippen LogP contribution in [0.4, 0.5) is 19.3 Å². The summed E-state index contributed by atoms with van der Waals surface area (Å²) >= 11 is 1.20. The fourth-order valence-corrected chi connectivity index (χ4v) is 6.83. The van der Waals surface area contributed by atoms with Crippen molar-refractivity contribution in [3.05, 3.63) is 116 Å². The highest BCUT2D eigenvalue weighted by atomic mass is 32.1. The van der Waals surface area contributed by atoms with Crippen molar-refractivity contribution in [1.82, 2.24) is 24.7 Å². The third kappa shape index (κ3) is 7.95. The molecule has 5 aromatic rings. The van der Waals surface area contributed by atoms with Crippen molar-refractivity contribution in [3.8, 4) is 16.1 Å². The maximum Gasteiger partial charge on any atom is 0.337 e. The molecule has 3 N–H and O–H groups in total. The van der Waals surface area contributed by atoms with Crippen LogP contribution >= 0.6 is 11.3 Å². The van der Waals surface area contributed by atoms with Gasteiger partial charge in [0, 0.05) is 43.2 Å². The number of thiophene rings is 1. The van der Waals surface area contributed by atoms with Gasteiger partial charge in [-0.15, -0.1) is 11.3 Å². The standard InChI is InChI=1S/C36H38F2N6O4S/c1-4-40-35(47)41-24-17-15-23(16-18-24)32-26(19-21-39-20-9-14-30(45)42(2)3)31-33(46)44(25-10-6-5-7-11-25)36(48)43(34(31)49-32)22-27-28(37)12-8-13-29(27)38/h5-8,10-13,15-18,39H,4,9,14,19-22H2,1-3H3,(H2,40,41,47). The summed E-state index contributed by atoms with van der Waals surface area (Å²) in [6.07, 6.45) is 1.40. The zero-order valence-electron chi connectivity index (χ0n) is 27.5. The number of hydrogen-bond donors (Lipinski definition) is 3. The van der Waals surface area contributed by atoms with Crippen molar-refractivity contribution in [1.29, 1.82) is 0 Å². The summed E-state index contributed by atoms with van der Waals surface area (Å²) in [5, 5.41) is 9.07. The molecule has 2 aromatic heterocycles. The van der Waals surface area contributed by atoms with Crippen molar-refractivity contribution in [3.63, 3.8) is 0 Å². The molecule has 0 bridgehead atoms. The number of benzene rings is 3. The normalized spacial score (nSPS) is 11.1. The molecule has 0 radical (unpaired) electrons. The van der Waals surface area contributed by atoms with E-state index in [0.717, 1.165) is 22.3 Å². The molecule has 0 saturated heterocycles. The Kier molecular flexibility index (Phi) is 11.4. The number of carbonyl (C=O) groups excluding carboxylic acids is 2. The first-order valence-electron chi connectivity index (χ1n) is 16.0. The molecule has 0 saturated carbocycles. The number of nitrogens with one attached hydrogen (secondary N) is 3. The fraction of sp³-hybridized carbons (Fsp3) is 0.278. The van der Waals surface area contributed by atoms with Gasteiger partial charge in [0.15, 0.2) is 0 Å². The molecule has 0 unspecified atom stereocenters. The number of amides is 3. The van der Waals surface area contributed by atoms with Crippen LogP contribution in [0.2, 0.25) is 0 Å². The Labute approximate surface area is 286 Å². The lowest BCUT2D eigenvalue weighted by Gasteiger charge is -2.14. The number of urea groups is 1. The number of halogens is 2. The Morgan fingerprint density at radius 3 is 2.22 bits per heavy atom. The molecular formula is C36H38F2N6O4S. The largest absolute Gasteiger partial charge is 0.349 e. The number of aromatic nitrogens is 2. The van der Waals surface area contributed by atoms with Gasteiger partial charge < -0.3 is 20.9 Å². The van der Waals surface area contributed by atoms with E-state index in [9.17, 15) is 28.0 Å². The molecule has 256 valence electrons. The number of carbonyl (C=O) groups is 2. The average molecular weight is 689 g/mol. The number of nitrogens with zero attached hydrogens (tertiary/aromatic N) is 3. The molecule has 3 aromatic carbocycles. The first-order valence-corrected chi connectivity index (χ1v) is 16.8. The molecule has 13 heteroatoms. The summed E-state index contributed by atoms with van der Waals surface area (Å²) in [7, 11) is 3.42. The van der Waals surface area contributed by atoms with Crippen LogP contribution in [0.5, 0.6) is 0 Å². The van der Waals surface area contributed by atoms with E-state index in [0.29, 0.717) is 60.7 Å². The second kappa shape index (κ2) is 15.8. The van der Waals surface area contributed by atoms with Crippen molar-refractivity contribution in [2.24, 2.45) is 0 Å². The Hall–Kier alpha value is -5.14. The van der Waals surface area contributed by atoms with Crippen LogP contribution in [0.1, 0.15) is 30.9 Å². The quantitative estimate of drug-likeness (QED) is 0.144. The molecule has 2 heterocycles. The molecule has 0 aliphatic rings. The lowest BCUT2D eigenvalue weighted by Crippen LogP contribution is -2.39. The summed E-state index contributed by atoms with van der Waals surface area (Å²) < 4.78 is 32.2. The van der Waals surface area contributed by atoms with Crippen LogP contribution in [0.15, 0.2) is 82.4 Å². The number of hydrogen-bond acceptors (Lipinski definition) is 6. The second-order valence-electron chi connectivity index (χ2n) is 11.6.